The molecule has 5 aliphatic carbocycles. The fraction of sp³-hybridized carbons (Fsp3) is 0.750. The quantitative estimate of drug-likeness (QED) is 0.372. The minimum absolute atomic E-state index is 0.0506. The lowest BCUT2D eigenvalue weighted by Crippen LogP contribution is -2.66. The van der Waals surface area contributed by atoms with E-state index < -0.39 is 5.41 Å². The van der Waals surface area contributed by atoms with Crippen LogP contribution < -0.4 is 5.32 Å². The lowest BCUT2D eigenvalue weighted by molar-refractivity contribution is -0.187. The molecule has 1 amide bonds. The maximum atomic E-state index is 14.5. The zero-order valence-corrected chi connectivity index (χ0v) is 26.9. The second-order valence-electron chi connectivity index (χ2n) is 16.7. The van der Waals surface area contributed by atoms with E-state index >= 15 is 0 Å². The molecule has 228 valence electrons. The van der Waals surface area contributed by atoms with Crippen molar-refractivity contribution in [1.82, 2.24) is 10.3 Å². The molecule has 6 nitrogen and oxygen atoms in total. The molecule has 9 atom stereocenters. The summed E-state index contributed by atoms with van der Waals surface area (Å²) in [5.41, 5.74) is 1.23. The van der Waals surface area contributed by atoms with Crippen molar-refractivity contribution in [3.63, 3.8) is 0 Å². The number of carbonyl (C=O) groups excluding carboxylic acids is 2. The van der Waals surface area contributed by atoms with Crippen molar-refractivity contribution in [2.24, 2.45) is 55.4 Å². The molecule has 0 saturated heterocycles. The molecule has 0 aromatic carbocycles. The second kappa shape index (κ2) is 9.56. The van der Waals surface area contributed by atoms with Crippen LogP contribution in [0.1, 0.15) is 112 Å². The molecule has 0 radical (unpaired) electrons. The van der Waals surface area contributed by atoms with E-state index in [1.54, 1.807) is 6.20 Å². The Morgan fingerprint density at radius 3 is 2.40 bits per heavy atom. The van der Waals surface area contributed by atoms with Crippen molar-refractivity contribution < 1.29 is 9.59 Å². The van der Waals surface area contributed by atoms with Crippen molar-refractivity contribution >= 4 is 11.7 Å². The van der Waals surface area contributed by atoms with Gasteiger partial charge in [0.15, 0.2) is 5.78 Å². The fourth-order valence-corrected chi connectivity index (χ4v) is 11.5. The van der Waals surface area contributed by atoms with Crippen LogP contribution in [0.25, 0.3) is 0 Å². The summed E-state index contributed by atoms with van der Waals surface area (Å²) >= 11 is 0. The molecule has 42 heavy (non-hydrogen) atoms. The van der Waals surface area contributed by atoms with Gasteiger partial charge in [0.25, 0.3) is 0 Å². The zero-order chi connectivity index (χ0) is 30.3. The first kappa shape index (κ1) is 29.7. The Morgan fingerprint density at radius 1 is 0.976 bits per heavy atom. The molecule has 6 heteroatoms. The van der Waals surface area contributed by atoms with E-state index in [0.29, 0.717) is 18.2 Å². The van der Waals surface area contributed by atoms with Gasteiger partial charge in [-0.2, -0.15) is 4.91 Å². The summed E-state index contributed by atoms with van der Waals surface area (Å²) in [5.74, 6) is 0.864. The number of amides is 1. The van der Waals surface area contributed by atoms with Crippen LogP contribution in [-0.2, 0) is 16.1 Å². The van der Waals surface area contributed by atoms with Gasteiger partial charge in [-0.25, -0.2) is 0 Å². The van der Waals surface area contributed by atoms with Crippen LogP contribution in [0.4, 0.5) is 0 Å². The van der Waals surface area contributed by atoms with Gasteiger partial charge < -0.3 is 5.32 Å². The number of hydrogen-bond acceptors (Lipinski definition) is 5. The van der Waals surface area contributed by atoms with E-state index in [4.69, 9.17) is 0 Å². The monoisotopic (exact) mass is 573 g/mol. The highest BCUT2D eigenvalue weighted by molar-refractivity contribution is 5.95. The average molecular weight is 574 g/mol. The molecule has 0 aliphatic heterocycles. The molecule has 1 aromatic rings. The predicted octanol–water partition coefficient (Wildman–Crippen LogP) is 7.81. The molecular weight excluding hydrogens is 522 g/mol. The summed E-state index contributed by atoms with van der Waals surface area (Å²) in [6.45, 7) is 16.7. The van der Waals surface area contributed by atoms with E-state index in [0.717, 1.165) is 63.5 Å². The number of carbonyl (C=O) groups is 2. The normalized spacial score (nSPS) is 45.8. The maximum Gasteiger partial charge on any atom is 0.226 e. The largest absolute Gasteiger partial charge is 0.350 e. The number of hydrogen-bond donors (Lipinski definition) is 1. The van der Waals surface area contributed by atoms with Gasteiger partial charge in [0.05, 0.1) is 18.3 Å². The van der Waals surface area contributed by atoms with Crippen LogP contribution in [0.3, 0.4) is 0 Å². The summed E-state index contributed by atoms with van der Waals surface area (Å²) in [5, 5.41) is 6.76. The summed E-state index contributed by atoms with van der Waals surface area (Å²) in [4.78, 5) is 44.5. The standard InChI is InChI=1S/C36H51N3O3/c1-31(2)27-11-14-36(7)29(34(27,5)13-12-28(31)39-42)26(40)20-24-25-21-33(4,16-15-32(25,3)17-18-35(24,36)6)30(41)38-22-23-10-8-9-19-37-23/h8-10,19-20,25,27-29H,11-18,21-22H2,1-7H3,(H,38,41)/t25?,27?,28?,29-,32?,33+,34?,35-,36?/m1/s1. The number of allylic oxidation sites excluding steroid dienone is 2. The molecule has 1 heterocycles. The van der Waals surface area contributed by atoms with E-state index in [1.807, 2.05) is 18.2 Å². The van der Waals surface area contributed by atoms with Crippen molar-refractivity contribution in [1.29, 1.82) is 0 Å². The highest BCUT2D eigenvalue weighted by atomic mass is 16.3. The summed E-state index contributed by atoms with van der Waals surface area (Å²) < 4.78 is 0. The van der Waals surface area contributed by atoms with Gasteiger partial charge in [0.2, 0.25) is 5.91 Å². The van der Waals surface area contributed by atoms with Crippen LogP contribution in [0.5, 0.6) is 0 Å². The van der Waals surface area contributed by atoms with Crippen LogP contribution in [0.2, 0.25) is 0 Å². The summed E-state index contributed by atoms with van der Waals surface area (Å²) in [6.07, 6.45) is 12.4. The average Bonchev–Trinajstić information content (AvgIpc) is 2.94. The topological polar surface area (TPSA) is 88.5 Å². The van der Waals surface area contributed by atoms with Crippen molar-refractivity contribution in [3.05, 3.63) is 46.6 Å². The number of nitroso groups, excluding NO2 is 1. The summed E-state index contributed by atoms with van der Waals surface area (Å²) in [7, 11) is 0. The molecule has 4 fully saturated rings. The van der Waals surface area contributed by atoms with E-state index in [1.165, 1.54) is 5.57 Å². The molecule has 0 spiro atoms. The van der Waals surface area contributed by atoms with Gasteiger partial charge in [-0.05, 0) is 115 Å². The van der Waals surface area contributed by atoms with E-state index in [2.05, 4.69) is 70.0 Å². The van der Waals surface area contributed by atoms with Gasteiger partial charge in [0, 0.05) is 17.5 Å². The molecule has 1 aromatic heterocycles. The predicted molar refractivity (Wildman–Crippen MR) is 165 cm³/mol. The number of ketones is 1. The Balaban J connectivity index is 1.34. The van der Waals surface area contributed by atoms with Crippen LogP contribution in [0.15, 0.2) is 41.2 Å². The highest BCUT2D eigenvalue weighted by Crippen LogP contribution is 2.75. The first-order chi connectivity index (χ1) is 19.6. The van der Waals surface area contributed by atoms with Gasteiger partial charge in [-0.1, -0.05) is 65.3 Å². The van der Waals surface area contributed by atoms with Gasteiger partial charge in [-0.15, -0.1) is 0 Å². The number of nitrogens with one attached hydrogen (secondary N) is 1. The fourth-order valence-electron chi connectivity index (χ4n) is 11.5. The molecule has 4 saturated carbocycles. The SMILES string of the molecule is CC12CC[C@](C)(C(=O)NCc3ccccn3)CC1C1=CC(=O)[C@@H]3C4(C)CCC(N=O)C(C)(C)C4CCC3(C)[C@]1(C)CC2. The zero-order valence-electron chi connectivity index (χ0n) is 26.9. The second-order valence-corrected chi connectivity index (χ2v) is 16.7. The first-order valence-electron chi connectivity index (χ1n) is 16.4. The Bertz CT molecular complexity index is 1320. The van der Waals surface area contributed by atoms with Crippen LogP contribution in [-0.4, -0.2) is 22.7 Å². The molecule has 1 N–H and O–H groups in total. The smallest absolute Gasteiger partial charge is 0.226 e. The number of fused-ring (bicyclic) bond motifs is 7. The van der Waals surface area contributed by atoms with Gasteiger partial charge >= 0.3 is 0 Å². The Kier molecular flexibility index (Phi) is 6.76. The van der Waals surface area contributed by atoms with Crippen molar-refractivity contribution in [2.45, 2.75) is 119 Å². The lowest BCUT2D eigenvalue weighted by atomic mass is 9.33. The van der Waals surface area contributed by atoms with Crippen molar-refractivity contribution in [2.75, 3.05) is 0 Å². The van der Waals surface area contributed by atoms with Crippen LogP contribution >= 0.6 is 0 Å². The number of nitrogens with zero attached hydrogens (tertiary/aromatic N) is 2. The lowest BCUT2D eigenvalue weighted by Gasteiger charge is -2.70. The van der Waals surface area contributed by atoms with Gasteiger partial charge in [-0.3, -0.25) is 14.6 Å². The molecule has 5 aliphatic rings. The van der Waals surface area contributed by atoms with Crippen molar-refractivity contribution in [3.8, 4) is 0 Å². The van der Waals surface area contributed by atoms with E-state index in [9.17, 15) is 14.5 Å². The third-order valence-electron chi connectivity index (χ3n) is 14.4. The maximum absolute atomic E-state index is 14.5. The first-order valence-corrected chi connectivity index (χ1v) is 16.4. The Hall–Kier alpha value is -2.37. The Labute approximate surface area is 252 Å². The minimum Gasteiger partial charge on any atom is -0.350 e. The van der Waals surface area contributed by atoms with Gasteiger partial charge in [0.1, 0.15) is 0 Å². The third kappa shape index (κ3) is 3.98. The minimum atomic E-state index is -0.479. The summed E-state index contributed by atoms with van der Waals surface area (Å²) in [6, 6.07) is 5.60. The Morgan fingerprint density at radius 2 is 1.71 bits per heavy atom. The third-order valence-corrected chi connectivity index (χ3v) is 14.4. The molecular formula is C36H51N3O3. The molecule has 6 rings (SSSR count). The van der Waals surface area contributed by atoms with E-state index in [-0.39, 0.29) is 50.9 Å². The highest BCUT2D eigenvalue weighted by Gasteiger charge is 2.70. The molecule has 6 unspecified atom stereocenters. The number of aromatic nitrogens is 1. The number of pyridine rings is 1. The molecule has 0 bridgehead atoms. The number of rotatable bonds is 4. The van der Waals surface area contributed by atoms with Crippen LogP contribution in [0, 0.1) is 55.2 Å².